The van der Waals surface area contributed by atoms with Crippen LogP contribution in [0.4, 0.5) is 0 Å². The smallest absolute Gasteiger partial charge is 0.312 e. The zero-order valence-corrected chi connectivity index (χ0v) is 14.1. The fourth-order valence-electron chi connectivity index (χ4n) is 3.27. The molecule has 25 heavy (non-hydrogen) atoms. The summed E-state index contributed by atoms with van der Waals surface area (Å²) in [5.41, 5.74) is 0. The molecule has 0 radical (unpaired) electrons. The molecule has 2 atom stereocenters. The van der Waals surface area contributed by atoms with Crippen LogP contribution in [0.15, 0.2) is 27.3 Å². The Labute approximate surface area is 144 Å². The number of carbonyl (C=O) groups excluding carboxylic acids is 2. The Bertz CT molecular complexity index is 769. The highest BCUT2D eigenvalue weighted by Crippen LogP contribution is 2.54. The Morgan fingerprint density at radius 3 is 2.76 bits per heavy atom. The summed E-state index contributed by atoms with van der Waals surface area (Å²) in [6, 6.07) is 3.83. The molecule has 2 amide bonds. The van der Waals surface area contributed by atoms with Crippen LogP contribution in [0.25, 0.3) is 0 Å². The second-order valence-electron chi connectivity index (χ2n) is 6.44. The van der Waals surface area contributed by atoms with Crippen molar-refractivity contribution in [2.45, 2.75) is 31.6 Å². The molecule has 8 heteroatoms. The highest BCUT2D eigenvalue weighted by atomic mass is 16.5. The molecule has 0 aromatic carbocycles. The lowest BCUT2D eigenvalue weighted by Crippen LogP contribution is -2.54. The Morgan fingerprint density at radius 1 is 1.20 bits per heavy atom. The highest BCUT2D eigenvalue weighted by molar-refractivity contribution is 6.35. The third-order valence-electron chi connectivity index (χ3n) is 4.88. The van der Waals surface area contributed by atoms with Crippen molar-refractivity contribution in [3.05, 3.63) is 35.9 Å². The predicted molar refractivity (Wildman–Crippen MR) is 85.6 cm³/mol. The van der Waals surface area contributed by atoms with E-state index >= 15 is 0 Å². The van der Waals surface area contributed by atoms with E-state index in [1.165, 1.54) is 0 Å². The van der Waals surface area contributed by atoms with Gasteiger partial charge in [-0.3, -0.25) is 9.59 Å². The van der Waals surface area contributed by atoms with E-state index in [9.17, 15) is 9.59 Å². The summed E-state index contributed by atoms with van der Waals surface area (Å²) < 4.78 is 10.8. The molecule has 132 valence electrons. The maximum Gasteiger partial charge on any atom is 0.312 e. The standard InChI is InChI=1S/C17H20N4O4/c1-2-20-7-8-21(17(23)16(20)22)6-5-14-18-15(25-19-14)12-10-11(12)13-4-3-9-24-13/h3-4,9,11-12H,2,5-8,10H2,1H3/t11-,12-/m0/s1. The van der Waals surface area contributed by atoms with Crippen LogP contribution in [0.1, 0.15) is 42.7 Å². The summed E-state index contributed by atoms with van der Waals surface area (Å²) in [6.45, 7) is 3.98. The molecule has 1 saturated carbocycles. The Hall–Kier alpha value is -2.64. The first-order chi connectivity index (χ1) is 12.2. The molecular weight excluding hydrogens is 324 g/mol. The maximum atomic E-state index is 12.1. The molecule has 2 aromatic rings. The number of rotatable bonds is 6. The average molecular weight is 344 g/mol. The molecule has 2 aliphatic rings. The molecule has 4 rings (SSSR count). The lowest BCUT2D eigenvalue weighted by atomic mass is 10.2. The molecule has 1 aliphatic heterocycles. The van der Waals surface area contributed by atoms with Gasteiger partial charge in [-0.2, -0.15) is 4.98 Å². The second-order valence-corrected chi connectivity index (χ2v) is 6.44. The summed E-state index contributed by atoms with van der Waals surface area (Å²) >= 11 is 0. The molecule has 8 nitrogen and oxygen atoms in total. The molecule has 2 aromatic heterocycles. The van der Waals surface area contributed by atoms with Crippen molar-refractivity contribution in [3.8, 4) is 0 Å². The summed E-state index contributed by atoms with van der Waals surface area (Å²) in [4.78, 5) is 31.5. The number of hydrogen-bond acceptors (Lipinski definition) is 6. The Morgan fingerprint density at radius 2 is 2.00 bits per heavy atom. The van der Waals surface area contributed by atoms with Gasteiger partial charge in [-0.25, -0.2) is 0 Å². The molecule has 1 aliphatic carbocycles. The van der Waals surface area contributed by atoms with Gasteiger partial charge in [0.05, 0.1) is 6.26 Å². The predicted octanol–water partition coefficient (Wildman–Crippen LogP) is 1.17. The Kier molecular flexibility index (Phi) is 4.03. The first-order valence-corrected chi connectivity index (χ1v) is 8.61. The number of hydrogen-bond donors (Lipinski definition) is 0. The number of piperazine rings is 1. The van der Waals surface area contributed by atoms with Crippen LogP contribution >= 0.6 is 0 Å². The van der Waals surface area contributed by atoms with Crippen LogP contribution < -0.4 is 0 Å². The number of amides is 2. The van der Waals surface area contributed by atoms with Gasteiger partial charge in [-0.05, 0) is 25.5 Å². The first-order valence-electron chi connectivity index (χ1n) is 8.61. The summed E-state index contributed by atoms with van der Waals surface area (Å²) in [5.74, 6) is 1.78. The van der Waals surface area contributed by atoms with Crippen molar-refractivity contribution in [2.24, 2.45) is 0 Å². The Balaban J connectivity index is 1.32. The average Bonchev–Trinajstić information content (AvgIpc) is 3.03. The molecule has 0 spiro atoms. The van der Waals surface area contributed by atoms with Crippen LogP contribution in [0, 0.1) is 0 Å². The zero-order chi connectivity index (χ0) is 17.4. The summed E-state index contributed by atoms with van der Waals surface area (Å²) in [5, 5.41) is 4.00. The molecule has 0 unspecified atom stereocenters. The van der Waals surface area contributed by atoms with Crippen molar-refractivity contribution < 1.29 is 18.5 Å². The summed E-state index contributed by atoms with van der Waals surface area (Å²) in [7, 11) is 0. The van der Waals surface area contributed by atoms with E-state index in [-0.39, 0.29) is 5.92 Å². The van der Waals surface area contributed by atoms with Gasteiger partial charge in [0.1, 0.15) is 5.76 Å². The van der Waals surface area contributed by atoms with Crippen LogP contribution in [0.5, 0.6) is 0 Å². The number of carbonyl (C=O) groups is 2. The van der Waals surface area contributed by atoms with Crippen LogP contribution in [-0.2, 0) is 16.0 Å². The van der Waals surface area contributed by atoms with Crippen molar-refractivity contribution in [1.82, 2.24) is 19.9 Å². The fourth-order valence-corrected chi connectivity index (χ4v) is 3.27. The van der Waals surface area contributed by atoms with Crippen molar-refractivity contribution in [3.63, 3.8) is 0 Å². The lowest BCUT2D eigenvalue weighted by molar-refractivity contribution is -0.155. The zero-order valence-electron chi connectivity index (χ0n) is 14.1. The second kappa shape index (κ2) is 6.34. The van der Waals surface area contributed by atoms with Gasteiger partial charge in [0.15, 0.2) is 5.82 Å². The minimum Gasteiger partial charge on any atom is -0.469 e. The van der Waals surface area contributed by atoms with Gasteiger partial charge in [0, 0.05) is 44.4 Å². The van der Waals surface area contributed by atoms with E-state index in [1.54, 1.807) is 16.1 Å². The molecular formula is C17H20N4O4. The van der Waals surface area contributed by atoms with Gasteiger partial charge in [-0.15, -0.1) is 0 Å². The number of nitrogens with zero attached hydrogens (tertiary/aromatic N) is 4. The lowest BCUT2D eigenvalue weighted by Gasteiger charge is -2.32. The normalized spacial score (nSPS) is 23.4. The SMILES string of the molecule is CCN1CCN(CCc2noc([C@H]3C[C@@H]3c3ccco3)n2)C(=O)C1=O. The van der Waals surface area contributed by atoms with E-state index in [0.717, 1.165) is 12.2 Å². The monoisotopic (exact) mass is 344 g/mol. The van der Waals surface area contributed by atoms with Crippen molar-refractivity contribution in [1.29, 1.82) is 0 Å². The van der Waals surface area contributed by atoms with Crippen LogP contribution in [-0.4, -0.2) is 57.9 Å². The quantitative estimate of drug-likeness (QED) is 0.730. The molecule has 2 fully saturated rings. The van der Waals surface area contributed by atoms with Gasteiger partial charge < -0.3 is 18.7 Å². The molecule has 0 bridgehead atoms. The van der Waals surface area contributed by atoms with Gasteiger partial charge in [-0.1, -0.05) is 5.16 Å². The fraction of sp³-hybridized carbons (Fsp3) is 0.529. The number of aromatic nitrogens is 2. The van der Waals surface area contributed by atoms with Gasteiger partial charge in [0.25, 0.3) is 0 Å². The largest absolute Gasteiger partial charge is 0.469 e. The summed E-state index contributed by atoms with van der Waals surface area (Å²) in [6.07, 6.45) is 3.09. The van der Waals surface area contributed by atoms with Gasteiger partial charge >= 0.3 is 11.8 Å². The maximum absolute atomic E-state index is 12.1. The topological polar surface area (TPSA) is 92.7 Å². The van der Waals surface area contributed by atoms with Crippen LogP contribution in [0.2, 0.25) is 0 Å². The number of likely N-dealkylation sites (N-methyl/N-ethyl adjacent to an activating group) is 1. The molecule has 0 N–H and O–H groups in total. The minimum absolute atomic E-state index is 0.212. The van der Waals surface area contributed by atoms with E-state index in [4.69, 9.17) is 8.94 Å². The highest BCUT2D eigenvalue weighted by Gasteiger charge is 2.45. The minimum atomic E-state index is -0.447. The van der Waals surface area contributed by atoms with Crippen LogP contribution in [0.3, 0.4) is 0 Å². The third-order valence-corrected chi connectivity index (χ3v) is 4.88. The van der Waals surface area contributed by atoms with Gasteiger partial charge in [0.2, 0.25) is 5.89 Å². The van der Waals surface area contributed by atoms with E-state index in [1.807, 2.05) is 19.1 Å². The number of furan rings is 1. The van der Waals surface area contributed by atoms with Crippen molar-refractivity contribution >= 4 is 11.8 Å². The van der Waals surface area contributed by atoms with E-state index in [0.29, 0.717) is 50.2 Å². The third kappa shape index (κ3) is 3.04. The first kappa shape index (κ1) is 15.9. The molecule has 1 saturated heterocycles. The van der Waals surface area contributed by atoms with E-state index in [2.05, 4.69) is 10.1 Å². The van der Waals surface area contributed by atoms with E-state index < -0.39 is 11.8 Å². The molecule has 3 heterocycles. The van der Waals surface area contributed by atoms with Crippen molar-refractivity contribution in [2.75, 3.05) is 26.2 Å².